The molecule has 31 heavy (non-hydrogen) atoms. The van der Waals surface area contributed by atoms with Crippen molar-refractivity contribution in [2.24, 2.45) is 5.92 Å². The molecule has 0 unspecified atom stereocenters. The van der Waals surface area contributed by atoms with E-state index in [1.807, 2.05) is 77.7 Å². The van der Waals surface area contributed by atoms with Crippen molar-refractivity contribution in [3.8, 4) is 5.75 Å². The molecule has 4 heteroatoms. The van der Waals surface area contributed by atoms with Gasteiger partial charge in [-0.3, -0.25) is 9.59 Å². The van der Waals surface area contributed by atoms with Crippen LogP contribution in [-0.4, -0.2) is 36.3 Å². The van der Waals surface area contributed by atoms with E-state index in [0.29, 0.717) is 25.9 Å². The highest BCUT2D eigenvalue weighted by Gasteiger charge is 2.28. The molecule has 1 heterocycles. The van der Waals surface area contributed by atoms with Crippen LogP contribution in [0.4, 0.5) is 0 Å². The van der Waals surface area contributed by atoms with E-state index < -0.39 is 0 Å². The third-order valence-corrected chi connectivity index (χ3v) is 5.84. The average Bonchev–Trinajstić information content (AvgIpc) is 2.84. The summed E-state index contributed by atoms with van der Waals surface area (Å²) < 4.78 is 5.91. The quantitative estimate of drug-likeness (QED) is 0.524. The Bertz CT molecular complexity index is 1010. The zero-order valence-electron chi connectivity index (χ0n) is 17.6. The summed E-state index contributed by atoms with van der Waals surface area (Å²) in [6, 6.07) is 27.5. The molecule has 1 saturated heterocycles. The molecule has 3 aromatic rings. The smallest absolute Gasteiger partial charge is 0.260 e. The van der Waals surface area contributed by atoms with Crippen molar-refractivity contribution in [2.45, 2.75) is 19.3 Å². The summed E-state index contributed by atoms with van der Waals surface area (Å²) in [6.07, 6.45) is 2.16. The van der Waals surface area contributed by atoms with Crippen molar-refractivity contribution < 1.29 is 14.3 Å². The highest BCUT2D eigenvalue weighted by atomic mass is 16.5. The van der Waals surface area contributed by atoms with E-state index >= 15 is 0 Å². The van der Waals surface area contributed by atoms with Crippen molar-refractivity contribution in [3.63, 3.8) is 0 Å². The Kier molecular flexibility index (Phi) is 6.78. The van der Waals surface area contributed by atoms with Gasteiger partial charge < -0.3 is 9.64 Å². The minimum Gasteiger partial charge on any atom is -0.483 e. The van der Waals surface area contributed by atoms with Crippen LogP contribution >= 0.6 is 0 Å². The van der Waals surface area contributed by atoms with Crippen LogP contribution in [0.3, 0.4) is 0 Å². The molecule has 158 valence electrons. The Balaban J connectivity index is 1.30. The summed E-state index contributed by atoms with van der Waals surface area (Å²) >= 11 is 0. The van der Waals surface area contributed by atoms with Gasteiger partial charge in [-0.05, 0) is 30.0 Å². The van der Waals surface area contributed by atoms with Crippen molar-refractivity contribution in [2.75, 3.05) is 19.7 Å². The first-order chi connectivity index (χ1) is 15.2. The number of Topliss-reactive ketones (excluding diaryl/α,β-unsaturated/α-hetero) is 1. The number of ketones is 1. The predicted molar refractivity (Wildman–Crippen MR) is 121 cm³/mol. The lowest BCUT2D eigenvalue weighted by Crippen LogP contribution is -2.42. The number of likely N-dealkylation sites (tertiary alicyclic amines) is 1. The largest absolute Gasteiger partial charge is 0.483 e. The highest BCUT2D eigenvalue weighted by Crippen LogP contribution is 2.24. The predicted octanol–water partition coefficient (Wildman–Crippen LogP) is 4.78. The highest BCUT2D eigenvalue weighted by molar-refractivity contribution is 5.98. The van der Waals surface area contributed by atoms with E-state index in [1.165, 1.54) is 5.56 Å². The number of ether oxygens (including phenoxy) is 1. The normalized spacial score (nSPS) is 14.3. The number of para-hydroxylation sites is 1. The van der Waals surface area contributed by atoms with Gasteiger partial charge in [0.2, 0.25) is 0 Å². The number of hydrogen-bond donors (Lipinski definition) is 0. The maximum Gasteiger partial charge on any atom is 0.260 e. The molecule has 0 N–H and O–H groups in total. The zero-order chi connectivity index (χ0) is 21.5. The summed E-state index contributed by atoms with van der Waals surface area (Å²) in [6.45, 7) is 1.21. The number of nitrogens with zero attached hydrogens (tertiary/aromatic N) is 1. The van der Waals surface area contributed by atoms with Gasteiger partial charge in [0, 0.05) is 31.0 Å². The second-order valence-electron chi connectivity index (χ2n) is 7.94. The standard InChI is InChI=1S/C27H27NO3/c29-26(28-17-15-23(16-18-28)27(30)22-11-5-2-6-12-22)20-31-25-14-8-7-13-24(25)19-21-9-3-1-4-10-21/h1-14,23H,15-20H2. The molecule has 3 aromatic carbocycles. The number of carbonyl (C=O) groups excluding carboxylic acids is 2. The molecular weight excluding hydrogens is 386 g/mol. The molecule has 0 aliphatic carbocycles. The molecule has 1 aliphatic heterocycles. The van der Waals surface area contributed by atoms with Gasteiger partial charge in [0.25, 0.3) is 5.91 Å². The lowest BCUT2D eigenvalue weighted by molar-refractivity contribution is -0.134. The molecule has 0 saturated carbocycles. The van der Waals surface area contributed by atoms with E-state index in [0.717, 1.165) is 23.3 Å². The Labute approximate surface area is 183 Å². The van der Waals surface area contributed by atoms with Gasteiger partial charge in [-0.1, -0.05) is 78.9 Å². The average molecular weight is 414 g/mol. The fourth-order valence-electron chi connectivity index (χ4n) is 4.07. The zero-order valence-corrected chi connectivity index (χ0v) is 17.6. The van der Waals surface area contributed by atoms with Crippen molar-refractivity contribution >= 4 is 11.7 Å². The Morgan fingerprint density at radius 1 is 0.806 bits per heavy atom. The van der Waals surface area contributed by atoms with E-state index in [4.69, 9.17) is 4.74 Å². The van der Waals surface area contributed by atoms with Crippen molar-refractivity contribution in [1.29, 1.82) is 0 Å². The third kappa shape index (κ3) is 5.40. The van der Waals surface area contributed by atoms with Crippen LogP contribution in [0, 0.1) is 5.92 Å². The van der Waals surface area contributed by atoms with Crippen LogP contribution < -0.4 is 4.74 Å². The number of hydrogen-bond acceptors (Lipinski definition) is 3. The molecule has 0 aromatic heterocycles. The Morgan fingerprint density at radius 2 is 1.42 bits per heavy atom. The maximum atomic E-state index is 12.7. The monoisotopic (exact) mass is 413 g/mol. The summed E-state index contributed by atoms with van der Waals surface area (Å²) in [5.74, 6) is 0.881. The number of benzene rings is 3. The summed E-state index contributed by atoms with van der Waals surface area (Å²) in [4.78, 5) is 27.2. The van der Waals surface area contributed by atoms with Gasteiger partial charge in [-0.2, -0.15) is 0 Å². The van der Waals surface area contributed by atoms with Gasteiger partial charge in [-0.25, -0.2) is 0 Å². The molecule has 1 aliphatic rings. The van der Waals surface area contributed by atoms with Crippen LogP contribution in [-0.2, 0) is 11.2 Å². The van der Waals surface area contributed by atoms with Crippen LogP contribution in [0.5, 0.6) is 5.75 Å². The lowest BCUT2D eigenvalue weighted by atomic mass is 9.89. The Hall–Kier alpha value is -3.40. The SMILES string of the molecule is O=C(c1ccccc1)C1CCN(C(=O)COc2ccccc2Cc2ccccc2)CC1. The summed E-state index contributed by atoms with van der Waals surface area (Å²) in [5.41, 5.74) is 3.02. The van der Waals surface area contributed by atoms with Gasteiger partial charge in [0.15, 0.2) is 12.4 Å². The third-order valence-electron chi connectivity index (χ3n) is 5.84. The molecule has 0 spiro atoms. The first kappa shape index (κ1) is 20.9. The fourth-order valence-corrected chi connectivity index (χ4v) is 4.07. The minimum atomic E-state index is -0.0277. The molecule has 0 radical (unpaired) electrons. The van der Waals surface area contributed by atoms with Crippen LogP contribution in [0.2, 0.25) is 0 Å². The fraction of sp³-hybridized carbons (Fsp3) is 0.259. The van der Waals surface area contributed by atoms with Gasteiger partial charge in [0.1, 0.15) is 5.75 Å². The van der Waals surface area contributed by atoms with E-state index in [9.17, 15) is 9.59 Å². The molecule has 0 bridgehead atoms. The van der Waals surface area contributed by atoms with E-state index in [1.54, 1.807) is 0 Å². The Morgan fingerprint density at radius 3 is 2.13 bits per heavy atom. The summed E-state index contributed by atoms with van der Waals surface area (Å²) in [7, 11) is 0. The number of amides is 1. The van der Waals surface area contributed by atoms with Crippen molar-refractivity contribution in [1.82, 2.24) is 4.90 Å². The van der Waals surface area contributed by atoms with E-state index in [-0.39, 0.29) is 24.2 Å². The second kappa shape index (κ2) is 10.1. The van der Waals surface area contributed by atoms with Gasteiger partial charge >= 0.3 is 0 Å². The molecule has 0 atom stereocenters. The second-order valence-corrected chi connectivity index (χ2v) is 7.94. The minimum absolute atomic E-state index is 0.0148. The molecular formula is C27H27NO3. The first-order valence-corrected chi connectivity index (χ1v) is 10.8. The van der Waals surface area contributed by atoms with Crippen LogP contribution in [0.15, 0.2) is 84.9 Å². The van der Waals surface area contributed by atoms with Crippen molar-refractivity contribution in [3.05, 3.63) is 102 Å². The van der Waals surface area contributed by atoms with Crippen LogP contribution in [0.1, 0.15) is 34.3 Å². The number of piperidine rings is 1. The summed E-state index contributed by atoms with van der Waals surface area (Å²) in [5, 5.41) is 0. The van der Waals surface area contributed by atoms with Gasteiger partial charge in [0.05, 0.1) is 0 Å². The van der Waals surface area contributed by atoms with E-state index in [2.05, 4.69) is 12.1 Å². The van der Waals surface area contributed by atoms with Crippen LogP contribution in [0.25, 0.3) is 0 Å². The molecule has 1 fully saturated rings. The molecule has 1 amide bonds. The number of rotatable bonds is 7. The topological polar surface area (TPSA) is 46.6 Å². The first-order valence-electron chi connectivity index (χ1n) is 10.8. The molecule has 4 rings (SSSR count). The number of carbonyl (C=O) groups is 2. The molecule has 4 nitrogen and oxygen atoms in total. The maximum absolute atomic E-state index is 12.7. The lowest BCUT2D eigenvalue weighted by Gasteiger charge is -2.31. The van der Waals surface area contributed by atoms with Gasteiger partial charge in [-0.15, -0.1) is 0 Å².